The minimum atomic E-state index is -1.53. The molecule has 0 radical (unpaired) electrons. The number of aromatic hydroxyl groups is 1. The number of likely N-dealkylation sites (N-methyl/N-ethyl adjacent to an activating group) is 1. The average Bonchev–Trinajstić information content (AvgIpc) is 3.82. The number of carbonyl (C=O) groups excluding carboxylic acids is 2. The molecular weight excluding hydrogens is 743 g/mol. The Bertz CT molecular complexity index is 2350. The minimum absolute atomic E-state index is 0.0314. The maximum atomic E-state index is 14.9. The number of aryl methyl sites for hydroxylation is 1. The van der Waals surface area contributed by atoms with Crippen LogP contribution in [0.15, 0.2) is 34.7 Å². The lowest BCUT2D eigenvalue weighted by Gasteiger charge is -2.62. The predicted molar refractivity (Wildman–Crippen MR) is 202 cm³/mol. The molecule has 0 amide bonds. The van der Waals surface area contributed by atoms with Crippen molar-refractivity contribution in [3.05, 3.63) is 75.0 Å². The minimum Gasteiger partial charge on any atom is -0.504 e. The van der Waals surface area contributed by atoms with Crippen LogP contribution in [0.3, 0.4) is 0 Å². The summed E-state index contributed by atoms with van der Waals surface area (Å²) >= 11 is 1.43. The lowest BCUT2D eigenvalue weighted by Crippen LogP contribution is -2.70. The summed E-state index contributed by atoms with van der Waals surface area (Å²) in [6, 6.07) is 6.82. The number of aliphatic hydroxyl groups excluding tert-OH is 2. The number of rotatable bonds is 3. The molecule has 4 bridgehead atoms. The molecule has 11 rings (SSSR count). The number of thioether (sulfide) groups is 1. The third-order valence-corrected chi connectivity index (χ3v) is 14.3. The summed E-state index contributed by atoms with van der Waals surface area (Å²) in [6.07, 6.45) is -0.181. The number of fused-ring (bicyclic) bond motifs is 11. The first-order chi connectivity index (χ1) is 27.0. The van der Waals surface area contributed by atoms with Gasteiger partial charge in [-0.3, -0.25) is 19.9 Å². The summed E-state index contributed by atoms with van der Waals surface area (Å²) in [4.78, 5) is 32.0. The summed E-state index contributed by atoms with van der Waals surface area (Å²) in [6.45, 7) is 4.53. The van der Waals surface area contributed by atoms with Gasteiger partial charge in [0.1, 0.15) is 29.9 Å². The number of hydrogen-bond acceptors (Lipinski definition) is 15. The number of carbonyl (C=O) groups is 2. The molecule has 14 nitrogen and oxygen atoms in total. The lowest BCUT2D eigenvalue weighted by atomic mass is 9.73. The number of piperazine rings is 1. The van der Waals surface area contributed by atoms with Crippen LogP contribution in [0.5, 0.6) is 28.7 Å². The number of phenols is 1. The van der Waals surface area contributed by atoms with Crippen molar-refractivity contribution in [2.75, 3.05) is 39.9 Å². The smallest absolute Gasteiger partial charge is 0.335 e. The number of ether oxygens (including phenoxy) is 5. The summed E-state index contributed by atoms with van der Waals surface area (Å²) in [5, 5.41) is 39.0. The second-order valence-corrected chi connectivity index (χ2v) is 16.8. The molecule has 8 heterocycles. The summed E-state index contributed by atoms with van der Waals surface area (Å²) < 4.78 is 37.1. The van der Waals surface area contributed by atoms with Gasteiger partial charge in [-0.15, -0.1) is 11.8 Å². The molecule has 7 aliphatic heterocycles. The van der Waals surface area contributed by atoms with E-state index in [0.717, 1.165) is 22.1 Å². The maximum absolute atomic E-state index is 14.9. The summed E-state index contributed by atoms with van der Waals surface area (Å²) in [5.41, 5.74) is 4.13. The summed E-state index contributed by atoms with van der Waals surface area (Å²) in [5.74, 6) is 0.970. The van der Waals surface area contributed by atoms with E-state index >= 15 is 0 Å². The van der Waals surface area contributed by atoms with E-state index in [4.69, 9.17) is 28.1 Å². The quantitative estimate of drug-likeness (QED) is 0.175. The van der Waals surface area contributed by atoms with Crippen molar-refractivity contribution in [1.29, 1.82) is 0 Å². The number of aliphatic hydroxyl groups is 2. The van der Waals surface area contributed by atoms with E-state index in [9.17, 15) is 24.9 Å². The van der Waals surface area contributed by atoms with Gasteiger partial charge in [-0.1, -0.05) is 24.3 Å². The molecule has 1 unspecified atom stereocenters. The van der Waals surface area contributed by atoms with E-state index < -0.39 is 59.2 Å². The number of benzene rings is 3. The van der Waals surface area contributed by atoms with E-state index in [1.54, 1.807) is 0 Å². The number of para-hydroxylation sites is 1. The highest BCUT2D eigenvalue weighted by Crippen LogP contribution is 2.64. The van der Waals surface area contributed by atoms with Crippen molar-refractivity contribution in [2.45, 2.75) is 80.8 Å². The van der Waals surface area contributed by atoms with E-state index in [2.05, 4.69) is 10.2 Å². The van der Waals surface area contributed by atoms with Gasteiger partial charge in [-0.05, 0) is 50.9 Å². The fourth-order valence-electron chi connectivity index (χ4n) is 10.5. The molecular formula is C41H43N3O11S. The van der Waals surface area contributed by atoms with E-state index in [-0.39, 0.29) is 31.5 Å². The Balaban J connectivity index is 1.25. The average molecular weight is 786 g/mol. The Hall–Kier alpha value is -4.51. The Morgan fingerprint density at radius 2 is 1.88 bits per heavy atom. The number of hydrogen-bond donors (Lipinski definition) is 4. The first kappa shape index (κ1) is 35.9. The van der Waals surface area contributed by atoms with Crippen molar-refractivity contribution >= 4 is 34.7 Å². The van der Waals surface area contributed by atoms with E-state index in [0.29, 0.717) is 69.4 Å². The van der Waals surface area contributed by atoms with Crippen LogP contribution in [0.4, 0.5) is 0 Å². The maximum Gasteiger partial charge on any atom is 0.335 e. The molecule has 15 heteroatoms. The van der Waals surface area contributed by atoms with Gasteiger partial charge in [0, 0.05) is 58.0 Å². The SMILES string of the molecule is COc1c(C)cc2c(c1O)[C@H]1[C@@H]3[C@@H]4SC[C@]5(N[C@@H](CO)Cc6c5oc5ccccc65)C(=O)OC[C@@H](c5c6c(c(C)c(OC(C)=O)c54)OCO6)N3[C@@H](O)C(C2)N1C. The van der Waals surface area contributed by atoms with Gasteiger partial charge < -0.3 is 43.4 Å². The van der Waals surface area contributed by atoms with Crippen molar-refractivity contribution in [2.24, 2.45) is 0 Å². The standard InChI is InChI=1S/C41H43N3O11S/c1-17-10-20-11-24-39(48)44-25-14-51-40(49)41(38-23(12-21(13-45)42-41)22-8-6-7-9-26(22)55-38)15-56-37(31(44)30(43(24)4)27(20)32(47)33(17)50-5)29-28(25)36-35(52-16-53-36)18(2)34(29)54-19(3)46/h6-10,21,24-25,30-31,37,39,42,45,47-48H,11-16H2,1-5H3/t21-,24?,25+,30+,31-,37-,39+,41-/m1/s1. The van der Waals surface area contributed by atoms with E-state index in [1.807, 2.05) is 56.1 Å². The van der Waals surface area contributed by atoms with Crippen LogP contribution in [0.1, 0.15) is 69.0 Å². The molecule has 4 N–H and O–H groups in total. The third-order valence-electron chi connectivity index (χ3n) is 12.8. The molecule has 7 aliphatic rings. The number of furan rings is 1. The zero-order chi connectivity index (χ0) is 38.9. The van der Waals surface area contributed by atoms with Crippen LogP contribution in [0.25, 0.3) is 11.0 Å². The van der Waals surface area contributed by atoms with Crippen LogP contribution in [-0.4, -0.2) is 101 Å². The molecule has 8 atom stereocenters. The second-order valence-electron chi connectivity index (χ2n) is 15.7. The first-order valence-electron chi connectivity index (χ1n) is 18.9. The van der Waals surface area contributed by atoms with Crippen molar-refractivity contribution in [3.63, 3.8) is 0 Å². The monoisotopic (exact) mass is 785 g/mol. The fraction of sp³-hybridized carbons (Fsp3) is 0.463. The molecule has 3 aromatic carbocycles. The lowest BCUT2D eigenvalue weighted by molar-refractivity contribution is -0.186. The molecule has 1 aromatic heterocycles. The molecule has 2 saturated heterocycles. The summed E-state index contributed by atoms with van der Waals surface area (Å²) in [7, 11) is 3.49. The number of phenolic OH excluding ortho intramolecular Hbond substituents is 1. The number of nitrogens with one attached hydrogen (secondary N) is 1. The van der Waals surface area contributed by atoms with E-state index in [1.165, 1.54) is 25.8 Å². The van der Waals surface area contributed by atoms with Gasteiger partial charge in [0.2, 0.25) is 6.79 Å². The number of nitrogens with zero attached hydrogens (tertiary/aromatic N) is 2. The predicted octanol–water partition coefficient (Wildman–Crippen LogP) is 3.81. The molecule has 294 valence electrons. The normalized spacial score (nSPS) is 30.3. The molecule has 1 spiro atoms. The molecule has 2 fully saturated rings. The van der Waals surface area contributed by atoms with Crippen molar-refractivity contribution < 1.29 is 53.0 Å². The van der Waals surface area contributed by atoms with Gasteiger partial charge in [-0.25, -0.2) is 4.79 Å². The Kier molecular flexibility index (Phi) is 8.17. The highest BCUT2D eigenvalue weighted by Gasteiger charge is 2.62. The van der Waals surface area contributed by atoms with Crippen LogP contribution in [0, 0.1) is 13.8 Å². The zero-order valence-electron chi connectivity index (χ0n) is 31.6. The highest BCUT2D eigenvalue weighted by atomic mass is 32.2. The Morgan fingerprint density at radius 1 is 1.09 bits per heavy atom. The fourth-order valence-corrected chi connectivity index (χ4v) is 12.2. The van der Waals surface area contributed by atoms with Crippen LogP contribution in [0.2, 0.25) is 0 Å². The van der Waals surface area contributed by atoms with Gasteiger partial charge in [0.25, 0.3) is 0 Å². The Morgan fingerprint density at radius 3 is 2.64 bits per heavy atom. The third kappa shape index (κ3) is 4.75. The van der Waals surface area contributed by atoms with Crippen molar-refractivity contribution in [3.8, 4) is 28.7 Å². The Labute approximate surface area is 326 Å². The molecule has 0 saturated carbocycles. The first-order valence-corrected chi connectivity index (χ1v) is 19.9. The van der Waals surface area contributed by atoms with Gasteiger partial charge in [0.15, 0.2) is 28.5 Å². The highest BCUT2D eigenvalue weighted by molar-refractivity contribution is 7.99. The van der Waals surface area contributed by atoms with Crippen LogP contribution in [-0.2, 0) is 32.7 Å². The van der Waals surface area contributed by atoms with Crippen molar-refractivity contribution in [1.82, 2.24) is 15.1 Å². The van der Waals surface area contributed by atoms with Crippen LogP contribution < -0.4 is 24.3 Å². The molecule has 0 aliphatic carbocycles. The molecule has 4 aromatic rings. The molecule has 56 heavy (non-hydrogen) atoms. The van der Waals surface area contributed by atoms with Gasteiger partial charge in [-0.2, -0.15) is 0 Å². The number of esters is 2. The topological polar surface area (TPSA) is 173 Å². The van der Waals surface area contributed by atoms with Crippen LogP contribution >= 0.6 is 11.8 Å². The zero-order valence-corrected chi connectivity index (χ0v) is 32.4. The number of methoxy groups -OCH3 is 1. The van der Waals surface area contributed by atoms with Gasteiger partial charge in [0.05, 0.1) is 37.1 Å². The second kappa shape index (κ2) is 12.7. The largest absolute Gasteiger partial charge is 0.504 e. The van der Waals surface area contributed by atoms with Gasteiger partial charge >= 0.3 is 11.9 Å².